The highest BCUT2D eigenvalue weighted by molar-refractivity contribution is 9.10. The van der Waals surface area contributed by atoms with E-state index in [9.17, 15) is 4.79 Å². The topological polar surface area (TPSA) is 47.3 Å². The average molecular weight is 302 g/mol. The van der Waals surface area contributed by atoms with Gasteiger partial charge in [-0.15, -0.1) is 0 Å². The molecule has 0 amide bonds. The minimum Gasteiger partial charge on any atom is -0.298 e. The Morgan fingerprint density at radius 3 is 2.67 bits per heavy atom. The van der Waals surface area contributed by atoms with E-state index in [0.29, 0.717) is 5.69 Å². The average Bonchev–Trinajstić information content (AvgIpc) is 2.77. The first kappa shape index (κ1) is 11.1. The van der Waals surface area contributed by atoms with Crippen molar-refractivity contribution < 1.29 is 4.79 Å². The van der Waals surface area contributed by atoms with Gasteiger partial charge >= 0.3 is 0 Å². The SMILES string of the molecule is O=Cc1nc(-c2ccncc2)n2cc(Br)ccc12. The van der Waals surface area contributed by atoms with E-state index in [2.05, 4.69) is 25.9 Å². The standard InChI is InChI=1S/C13H8BrN3O/c14-10-1-2-12-11(8-18)16-13(17(12)7-10)9-3-5-15-6-4-9/h1-8H. The molecule has 88 valence electrons. The fourth-order valence-electron chi connectivity index (χ4n) is 1.88. The molecule has 3 heterocycles. The van der Waals surface area contributed by atoms with Crippen LogP contribution in [0.15, 0.2) is 47.3 Å². The molecule has 0 bridgehead atoms. The van der Waals surface area contributed by atoms with Crippen LogP contribution in [-0.2, 0) is 0 Å². The van der Waals surface area contributed by atoms with E-state index in [1.54, 1.807) is 12.4 Å². The Labute approximate surface area is 111 Å². The van der Waals surface area contributed by atoms with E-state index in [4.69, 9.17) is 0 Å². The summed E-state index contributed by atoms with van der Waals surface area (Å²) in [6, 6.07) is 7.49. The molecule has 0 N–H and O–H groups in total. The lowest BCUT2D eigenvalue weighted by Crippen LogP contribution is -1.89. The molecule has 0 aliphatic heterocycles. The van der Waals surface area contributed by atoms with Gasteiger partial charge in [0.1, 0.15) is 11.5 Å². The molecule has 0 radical (unpaired) electrons. The normalized spacial score (nSPS) is 10.7. The summed E-state index contributed by atoms with van der Waals surface area (Å²) in [5, 5.41) is 0. The Kier molecular flexibility index (Phi) is 2.68. The van der Waals surface area contributed by atoms with Crippen LogP contribution in [0.4, 0.5) is 0 Å². The third-order valence-electron chi connectivity index (χ3n) is 2.68. The summed E-state index contributed by atoms with van der Waals surface area (Å²) >= 11 is 3.42. The first-order valence-electron chi connectivity index (χ1n) is 5.33. The van der Waals surface area contributed by atoms with Crippen LogP contribution in [0.5, 0.6) is 0 Å². The Balaban J connectivity index is 2.36. The van der Waals surface area contributed by atoms with Crippen molar-refractivity contribution in [2.24, 2.45) is 0 Å². The molecule has 3 aromatic rings. The second-order valence-electron chi connectivity index (χ2n) is 3.78. The Morgan fingerprint density at radius 2 is 1.94 bits per heavy atom. The van der Waals surface area contributed by atoms with Gasteiger partial charge in [0.15, 0.2) is 6.29 Å². The molecule has 0 saturated carbocycles. The highest BCUT2D eigenvalue weighted by Crippen LogP contribution is 2.23. The van der Waals surface area contributed by atoms with Gasteiger partial charge in [-0.25, -0.2) is 4.98 Å². The molecule has 0 unspecified atom stereocenters. The summed E-state index contributed by atoms with van der Waals surface area (Å²) in [4.78, 5) is 19.4. The molecular weight excluding hydrogens is 294 g/mol. The second-order valence-corrected chi connectivity index (χ2v) is 4.69. The number of nitrogens with zero attached hydrogens (tertiary/aromatic N) is 3. The number of pyridine rings is 2. The second kappa shape index (κ2) is 4.34. The summed E-state index contributed by atoms with van der Waals surface area (Å²) in [5.41, 5.74) is 2.15. The van der Waals surface area contributed by atoms with Crippen LogP contribution in [0.25, 0.3) is 16.9 Å². The van der Waals surface area contributed by atoms with Crippen LogP contribution in [0.3, 0.4) is 0 Å². The number of carbonyl (C=O) groups is 1. The minimum absolute atomic E-state index is 0.439. The summed E-state index contributed by atoms with van der Waals surface area (Å²) in [6.45, 7) is 0. The Bertz CT molecular complexity index is 722. The highest BCUT2D eigenvalue weighted by Gasteiger charge is 2.11. The van der Waals surface area contributed by atoms with Gasteiger partial charge < -0.3 is 0 Å². The van der Waals surface area contributed by atoms with Crippen molar-refractivity contribution in [2.75, 3.05) is 0 Å². The molecule has 5 heteroatoms. The summed E-state index contributed by atoms with van der Waals surface area (Å²) in [6.07, 6.45) is 6.07. The molecule has 3 rings (SSSR count). The fourth-order valence-corrected chi connectivity index (χ4v) is 2.21. The maximum absolute atomic E-state index is 11.1. The molecule has 0 spiro atoms. The third kappa shape index (κ3) is 1.73. The summed E-state index contributed by atoms with van der Waals surface area (Å²) in [7, 11) is 0. The zero-order chi connectivity index (χ0) is 12.5. The van der Waals surface area contributed by atoms with E-state index in [-0.39, 0.29) is 0 Å². The van der Waals surface area contributed by atoms with E-state index in [1.807, 2.05) is 34.9 Å². The molecule has 18 heavy (non-hydrogen) atoms. The van der Waals surface area contributed by atoms with Gasteiger partial charge in [0.25, 0.3) is 0 Å². The number of aldehydes is 1. The van der Waals surface area contributed by atoms with Crippen LogP contribution in [-0.4, -0.2) is 20.7 Å². The van der Waals surface area contributed by atoms with Gasteiger partial charge in [-0.1, -0.05) is 0 Å². The number of halogens is 1. The van der Waals surface area contributed by atoms with E-state index < -0.39 is 0 Å². The highest BCUT2D eigenvalue weighted by atomic mass is 79.9. The van der Waals surface area contributed by atoms with E-state index in [1.165, 1.54) is 0 Å². The Hall–Kier alpha value is -2.01. The molecule has 4 nitrogen and oxygen atoms in total. The number of fused-ring (bicyclic) bond motifs is 1. The fraction of sp³-hybridized carbons (Fsp3) is 0. The van der Waals surface area contributed by atoms with Gasteiger partial charge in [-0.05, 0) is 40.2 Å². The first-order chi connectivity index (χ1) is 8.79. The van der Waals surface area contributed by atoms with Crippen LogP contribution in [0.1, 0.15) is 10.5 Å². The molecule has 0 aliphatic rings. The zero-order valence-corrected chi connectivity index (χ0v) is 10.8. The van der Waals surface area contributed by atoms with Crippen molar-refractivity contribution in [1.82, 2.24) is 14.4 Å². The van der Waals surface area contributed by atoms with Gasteiger partial charge in [-0.2, -0.15) is 0 Å². The van der Waals surface area contributed by atoms with Gasteiger partial charge in [0, 0.05) is 28.6 Å². The van der Waals surface area contributed by atoms with Gasteiger partial charge in [-0.3, -0.25) is 14.2 Å². The summed E-state index contributed by atoms with van der Waals surface area (Å²) in [5.74, 6) is 0.732. The van der Waals surface area contributed by atoms with Gasteiger partial charge in [0.05, 0.1) is 5.52 Å². The maximum Gasteiger partial charge on any atom is 0.170 e. The number of hydrogen-bond donors (Lipinski definition) is 0. The first-order valence-corrected chi connectivity index (χ1v) is 6.12. The molecule has 0 aromatic carbocycles. The van der Waals surface area contributed by atoms with Crippen molar-refractivity contribution >= 4 is 27.7 Å². The number of aromatic nitrogens is 3. The predicted molar refractivity (Wildman–Crippen MR) is 71.5 cm³/mol. The number of hydrogen-bond acceptors (Lipinski definition) is 3. The third-order valence-corrected chi connectivity index (χ3v) is 3.15. The van der Waals surface area contributed by atoms with Crippen molar-refractivity contribution in [3.63, 3.8) is 0 Å². The maximum atomic E-state index is 11.1. The summed E-state index contributed by atoms with van der Waals surface area (Å²) < 4.78 is 2.82. The molecule has 3 aromatic heterocycles. The smallest absolute Gasteiger partial charge is 0.170 e. The van der Waals surface area contributed by atoms with Crippen molar-refractivity contribution in [3.05, 3.63) is 53.0 Å². The number of imidazole rings is 1. The van der Waals surface area contributed by atoms with Crippen LogP contribution in [0, 0.1) is 0 Å². The van der Waals surface area contributed by atoms with E-state index >= 15 is 0 Å². The molecule has 0 fully saturated rings. The lowest BCUT2D eigenvalue weighted by atomic mass is 10.2. The lowest BCUT2D eigenvalue weighted by Gasteiger charge is -2.01. The predicted octanol–water partition coefficient (Wildman–Crippen LogP) is 2.97. The quantitative estimate of drug-likeness (QED) is 0.684. The van der Waals surface area contributed by atoms with Crippen LogP contribution >= 0.6 is 15.9 Å². The molecule has 0 aliphatic carbocycles. The number of carbonyl (C=O) groups excluding carboxylic acids is 1. The monoisotopic (exact) mass is 301 g/mol. The van der Waals surface area contributed by atoms with Crippen LogP contribution in [0.2, 0.25) is 0 Å². The minimum atomic E-state index is 0.439. The largest absolute Gasteiger partial charge is 0.298 e. The van der Waals surface area contributed by atoms with Crippen molar-refractivity contribution in [3.8, 4) is 11.4 Å². The molecule has 0 atom stereocenters. The zero-order valence-electron chi connectivity index (χ0n) is 9.25. The molecule has 0 saturated heterocycles. The van der Waals surface area contributed by atoms with Gasteiger partial charge in [0.2, 0.25) is 0 Å². The number of rotatable bonds is 2. The van der Waals surface area contributed by atoms with Crippen molar-refractivity contribution in [1.29, 1.82) is 0 Å². The van der Waals surface area contributed by atoms with E-state index in [0.717, 1.165) is 27.7 Å². The Morgan fingerprint density at radius 1 is 1.17 bits per heavy atom. The van der Waals surface area contributed by atoms with Crippen LogP contribution < -0.4 is 0 Å². The molecular formula is C13H8BrN3O. The van der Waals surface area contributed by atoms with Crippen molar-refractivity contribution in [2.45, 2.75) is 0 Å². The lowest BCUT2D eigenvalue weighted by molar-refractivity contribution is 0.112.